The second kappa shape index (κ2) is 7.91. The number of halogens is 3. The molecule has 1 aliphatic heterocycles. The van der Waals surface area contributed by atoms with E-state index in [0.29, 0.717) is 5.75 Å². The summed E-state index contributed by atoms with van der Waals surface area (Å²) in [6, 6.07) is 4.47. The summed E-state index contributed by atoms with van der Waals surface area (Å²) in [6.45, 7) is 6.27. The topological polar surface area (TPSA) is 49.7 Å². The molecule has 0 radical (unpaired) electrons. The fraction of sp³-hybridized carbons (Fsp3) is 0.100. The van der Waals surface area contributed by atoms with E-state index in [1.54, 1.807) is 18.2 Å². The van der Waals surface area contributed by atoms with E-state index in [4.69, 9.17) is 4.99 Å². The van der Waals surface area contributed by atoms with Crippen molar-refractivity contribution in [3.8, 4) is 15.8 Å². The molecule has 1 unspecified atom stereocenters. The van der Waals surface area contributed by atoms with Crippen LogP contribution in [0.25, 0.3) is 10.0 Å². The maximum atomic E-state index is 12.2. The number of hydrogen-bond acceptors (Lipinski definition) is 3. The number of carbonyl (C=O) groups is 1. The number of carbonyl (C=O) groups excluding carboxylic acids is 1. The molecule has 2 aromatic rings. The first-order valence-electron chi connectivity index (χ1n) is 8.42. The van der Waals surface area contributed by atoms with Crippen LogP contribution in [0, 0.1) is 9.58 Å². The molecule has 1 aromatic heterocycles. The van der Waals surface area contributed by atoms with Crippen LogP contribution >= 0.6 is 67.8 Å². The number of aromatic hydroxyl groups is 1. The average Bonchev–Trinajstić information content (AvgIpc) is 2.91. The van der Waals surface area contributed by atoms with E-state index in [-0.39, 0.29) is 20.3 Å². The Balaban J connectivity index is 2.12. The van der Waals surface area contributed by atoms with Crippen LogP contribution in [0.2, 0.25) is 12.6 Å². The van der Waals surface area contributed by atoms with Gasteiger partial charge in [0.2, 0.25) is 0 Å². The predicted octanol–water partition coefficient (Wildman–Crippen LogP) is 5.09. The van der Waals surface area contributed by atoms with Crippen LogP contribution in [0.3, 0.4) is 0 Å². The third kappa shape index (κ3) is 3.31. The van der Waals surface area contributed by atoms with Gasteiger partial charge in [0.25, 0.3) is 0 Å². The SMILES string of the molecule is C=CC[Si]1(C)C2=CC(=O)C=CC2=Nc2ccc(O)c(-c3[se]c(I)c(I)c3I)c21. The molecule has 28 heavy (non-hydrogen) atoms. The Bertz CT molecular complexity index is 1150. The Labute approximate surface area is 211 Å². The molecule has 0 spiro atoms. The fourth-order valence-corrected chi connectivity index (χ4v) is 14.5. The normalized spacial score (nSPS) is 20.4. The van der Waals surface area contributed by atoms with E-state index >= 15 is 0 Å². The van der Waals surface area contributed by atoms with Gasteiger partial charge in [0.1, 0.15) is 0 Å². The third-order valence-corrected chi connectivity index (χ3v) is 19.0. The molecule has 142 valence electrons. The number of allylic oxidation sites excluding steroid dienone is 5. The van der Waals surface area contributed by atoms with Crippen LogP contribution in [0.15, 0.2) is 53.2 Å². The van der Waals surface area contributed by atoms with Crippen LogP contribution in [-0.2, 0) is 4.79 Å². The van der Waals surface area contributed by atoms with Crippen molar-refractivity contribution in [2.75, 3.05) is 0 Å². The molecule has 8 heteroatoms. The summed E-state index contributed by atoms with van der Waals surface area (Å²) in [5, 5.41) is 13.1. The van der Waals surface area contributed by atoms with E-state index in [1.807, 2.05) is 18.2 Å². The van der Waals surface area contributed by atoms with Gasteiger partial charge in [0, 0.05) is 0 Å². The Morgan fingerprint density at radius 1 is 1.25 bits per heavy atom. The number of rotatable bonds is 3. The summed E-state index contributed by atoms with van der Waals surface area (Å²) in [6.07, 6.45) is 7.10. The first-order valence-corrected chi connectivity index (χ1v) is 16.1. The van der Waals surface area contributed by atoms with Crippen molar-refractivity contribution in [2.24, 2.45) is 4.99 Å². The Morgan fingerprint density at radius 2 is 2.00 bits per heavy atom. The fourth-order valence-electron chi connectivity index (χ4n) is 3.81. The summed E-state index contributed by atoms with van der Waals surface area (Å²) < 4.78 is 5.05. The summed E-state index contributed by atoms with van der Waals surface area (Å²) >= 11 is 7.36. The van der Waals surface area contributed by atoms with Crippen LogP contribution in [-0.4, -0.2) is 39.2 Å². The van der Waals surface area contributed by atoms with E-state index < -0.39 is 8.07 Å². The van der Waals surface area contributed by atoms with Gasteiger partial charge in [-0.1, -0.05) is 0 Å². The number of ketones is 1. The van der Waals surface area contributed by atoms with Gasteiger partial charge in [0.05, 0.1) is 0 Å². The molecule has 2 heterocycles. The zero-order chi connectivity index (χ0) is 20.2. The molecule has 1 aromatic carbocycles. The Hall–Kier alpha value is -0.0136. The quantitative estimate of drug-likeness (QED) is 0.204. The van der Waals surface area contributed by atoms with Crippen molar-refractivity contribution < 1.29 is 9.90 Å². The van der Waals surface area contributed by atoms with Gasteiger partial charge < -0.3 is 0 Å². The van der Waals surface area contributed by atoms with Crippen LogP contribution in [0.4, 0.5) is 5.69 Å². The van der Waals surface area contributed by atoms with Crippen LogP contribution < -0.4 is 5.19 Å². The van der Waals surface area contributed by atoms with E-state index in [2.05, 4.69) is 80.9 Å². The number of benzene rings is 1. The number of fused-ring (bicyclic) bond motifs is 2. The first kappa shape index (κ1) is 21.2. The van der Waals surface area contributed by atoms with E-state index in [0.717, 1.165) is 33.4 Å². The number of phenolic OH excluding ortho intramolecular Hbond substituents is 1. The number of phenols is 1. The van der Waals surface area contributed by atoms with Crippen molar-refractivity contribution in [2.45, 2.75) is 12.6 Å². The number of nitrogens with zero attached hydrogens (tertiary/aromatic N) is 1. The molecule has 4 rings (SSSR count). The third-order valence-electron chi connectivity index (χ3n) is 5.05. The molecular formula is C20H14I3NO2SeSi. The summed E-state index contributed by atoms with van der Waals surface area (Å²) in [4.78, 5) is 17.1. The van der Waals surface area contributed by atoms with Crippen molar-refractivity contribution in [1.82, 2.24) is 0 Å². The maximum absolute atomic E-state index is 12.2. The molecular weight excluding hydrogens is 774 g/mol. The monoisotopic (exact) mass is 789 g/mol. The van der Waals surface area contributed by atoms with Gasteiger partial charge in [0.15, 0.2) is 0 Å². The Morgan fingerprint density at radius 3 is 2.64 bits per heavy atom. The molecule has 0 saturated carbocycles. The van der Waals surface area contributed by atoms with Gasteiger partial charge >= 0.3 is 214 Å². The minimum atomic E-state index is -2.35. The standard InChI is InChI=1S/C20H14I3NO2SeSi/c1-3-8-28(2)14-9-10(25)4-5-11(14)24-12-6-7-13(26)15(19(12)28)18-16(21)17(22)20(23)27-18/h3-7,9,26H,1,8H2,2H3. The zero-order valence-corrected chi connectivity index (χ0v) is 23.9. The second-order valence-electron chi connectivity index (χ2n) is 6.80. The molecule has 1 atom stereocenters. The average molecular weight is 788 g/mol. The summed E-state index contributed by atoms with van der Waals surface area (Å²) in [7, 11) is -2.35. The second-order valence-corrected chi connectivity index (χ2v) is 17.9. The Kier molecular flexibility index (Phi) is 6.00. The molecule has 1 aliphatic carbocycles. The molecule has 0 bridgehead atoms. The summed E-state index contributed by atoms with van der Waals surface area (Å²) in [5.74, 6) is 0.311. The van der Waals surface area contributed by atoms with Gasteiger partial charge in [-0.05, 0) is 0 Å². The zero-order valence-electron chi connectivity index (χ0n) is 14.7. The van der Waals surface area contributed by atoms with Crippen LogP contribution in [0.1, 0.15) is 0 Å². The minimum absolute atomic E-state index is 0.00605. The van der Waals surface area contributed by atoms with Gasteiger partial charge in [-0.2, -0.15) is 0 Å². The molecule has 1 N–H and O–H groups in total. The molecule has 2 aliphatic rings. The van der Waals surface area contributed by atoms with Gasteiger partial charge in [-0.3, -0.25) is 0 Å². The van der Waals surface area contributed by atoms with Crippen molar-refractivity contribution in [3.63, 3.8) is 0 Å². The first-order chi connectivity index (χ1) is 13.3. The van der Waals surface area contributed by atoms with Gasteiger partial charge in [-0.15, -0.1) is 0 Å². The summed E-state index contributed by atoms with van der Waals surface area (Å²) in [5.41, 5.74) is 2.73. The number of hydrogen-bond donors (Lipinski definition) is 1. The van der Waals surface area contributed by atoms with Crippen molar-refractivity contribution in [3.05, 3.63) is 57.8 Å². The van der Waals surface area contributed by atoms with Gasteiger partial charge in [-0.25, -0.2) is 0 Å². The molecule has 0 fully saturated rings. The van der Waals surface area contributed by atoms with Crippen molar-refractivity contribution >= 4 is 113 Å². The molecule has 0 saturated heterocycles. The number of aliphatic imine (C=N–C) groups is 1. The van der Waals surface area contributed by atoms with Crippen molar-refractivity contribution in [1.29, 1.82) is 0 Å². The molecule has 3 nitrogen and oxygen atoms in total. The van der Waals surface area contributed by atoms with E-state index in [1.165, 1.54) is 14.0 Å². The van der Waals surface area contributed by atoms with Crippen LogP contribution in [0.5, 0.6) is 5.75 Å². The van der Waals surface area contributed by atoms with E-state index in [9.17, 15) is 9.90 Å². The molecule has 0 amide bonds. The predicted molar refractivity (Wildman–Crippen MR) is 144 cm³/mol.